The van der Waals surface area contributed by atoms with Crippen LogP contribution in [-0.4, -0.2) is 27.4 Å². The Bertz CT molecular complexity index is 160. The molecule has 0 radical (unpaired) electrons. The molecule has 0 aromatic rings. The molecule has 0 spiro atoms. The van der Waals surface area contributed by atoms with Crippen LogP contribution in [-0.2, 0) is 10.0 Å². The highest BCUT2D eigenvalue weighted by molar-refractivity contribution is 7.88. The van der Waals surface area contributed by atoms with E-state index in [1.54, 1.807) is 0 Å². The van der Waals surface area contributed by atoms with Gasteiger partial charge < -0.3 is 5.41 Å². The quantitative estimate of drug-likeness (QED) is 0.498. The normalized spacial score (nSPS) is 11.1. The largest absolute Gasteiger partial charge is 0.312 e. The van der Waals surface area contributed by atoms with Gasteiger partial charge in [-0.25, -0.2) is 13.1 Å². The fourth-order valence-corrected chi connectivity index (χ4v) is 0.579. The zero-order chi connectivity index (χ0) is 6.62. The first-order chi connectivity index (χ1) is 3.56. The average Bonchev–Trinajstić information content (AvgIpc) is 1.59. The molecule has 0 atom stereocenters. The van der Waals surface area contributed by atoms with Crippen LogP contribution in [0.5, 0.6) is 0 Å². The molecule has 0 aromatic heterocycles. The van der Waals surface area contributed by atoms with Gasteiger partial charge in [0.05, 0.1) is 6.26 Å². The second-order valence-electron chi connectivity index (χ2n) is 1.32. The number of hydrogen-bond donors (Lipinski definition) is 2. The van der Waals surface area contributed by atoms with Crippen molar-refractivity contribution in [2.45, 2.75) is 0 Å². The predicted molar refractivity (Wildman–Crippen MR) is 31.6 cm³/mol. The highest BCUT2D eigenvalue weighted by Gasteiger charge is 1.94. The summed E-state index contributed by atoms with van der Waals surface area (Å²) in [6, 6.07) is 0. The molecule has 2 N–H and O–H groups in total. The van der Waals surface area contributed by atoms with Gasteiger partial charge in [0.15, 0.2) is 0 Å². The lowest BCUT2D eigenvalue weighted by Gasteiger charge is -1.92. The van der Waals surface area contributed by atoms with E-state index in [1.807, 2.05) is 0 Å². The van der Waals surface area contributed by atoms with Crippen LogP contribution >= 0.6 is 0 Å². The van der Waals surface area contributed by atoms with Gasteiger partial charge in [-0.3, -0.25) is 0 Å². The fraction of sp³-hybridized carbons (Fsp3) is 0.667. The van der Waals surface area contributed by atoms with E-state index in [4.69, 9.17) is 5.41 Å². The molecule has 0 aromatic carbocycles. The minimum absolute atomic E-state index is 0.0822. The van der Waals surface area contributed by atoms with Gasteiger partial charge in [0.1, 0.15) is 0 Å². The Kier molecular flexibility index (Phi) is 2.64. The molecule has 0 bridgehead atoms. The van der Waals surface area contributed by atoms with Crippen molar-refractivity contribution in [1.29, 1.82) is 5.41 Å². The summed E-state index contributed by atoms with van der Waals surface area (Å²) in [4.78, 5) is 0. The van der Waals surface area contributed by atoms with E-state index < -0.39 is 10.0 Å². The van der Waals surface area contributed by atoms with Crippen LogP contribution in [0.25, 0.3) is 0 Å². The second-order valence-corrected chi connectivity index (χ2v) is 3.16. The fourth-order valence-electron chi connectivity index (χ4n) is 0.193. The SMILES string of the molecule is CS(=O)(=O)NCC=N. The van der Waals surface area contributed by atoms with E-state index in [2.05, 4.69) is 4.72 Å². The summed E-state index contributed by atoms with van der Waals surface area (Å²) >= 11 is 0. The number of sulfonamides is 1. The maximum absolute atomic E-state index is 10.2. The zero-order valence-electron chi connectivity index (χ0n) is 4.51. The van der Waals surface area contributed by atoms with E-state index >= 15 is 0 Å². The van der Waals surface area contributed by atoms with Crippen molar-refractivity contribution in [2.75, 3.05) is 12.8 Å². The molecular formula is C3H8N2O2S. The van der Waals surface area contributed by atoms with E-state index in [-0.39, 0.29) is 6.54 Å². The lowest BCUT2D eigenvalue weighted by molar-refractivity contribution is 0.593. The van der Waals surface area contributed by atoms with Gasteiger partial charge in [0, 0.05) is 12.8 Å². The Balaban J connectivity index is 3.57. The molecular weight excluding hydrogens is 128 g/mol. The van der Waals surface area contributed by atoms with Crippen molar-refractivity contribution < 1.29 is 8.42 Å². The Morgan fingerprint density at radius 1 is 1.75 bits per heavy atom. The molecule has 0 amide bonds. The van der Waals surface area contributed by atoms with E-state index in [0.29, 0.717) is 0 Å². The molecule has 0 fully saturated rings. The predicted octanol–water partition coefficient (Wildman–Crippen LogP) is -0.815. The number of rotatable bonds is 3. The van der Waals surface area contributed by atoms with Crippen LogP contribution in [0, 0.1) is 5.41 Å². The van der Waals surface area contributed by atoms with Crippen LogP contribution in [0.15, 0.2) is 0 Å². The van der Waals surface area contributed by atoms with Crippen molar-refractivity contribution >= 4 is 16.2 Å². The molecule has 0 heterocycles. The maximum atomic E-state index is 10.2. The first kappa shape index (κ1) is 7.58. The van der Waals surface area contributed by atoms with E-state index in [9.17, 15) is 8.42 Å². The minimum Gasteiger partial charge on any atom is -0.312 e. The van der Waals surface area contributed by atoms with Gasteiger partial charge in [0.2, 0.25) is 10.0 Å². The van der Waals surface area contributed by atoms with Gasteiger partial charge in [-0.1, -0.05) is 0 Å². The number of nitrogens with one attached hydrogen (secondary N) is 2. The highest BCUT2D eigenvalue weighted by Crippen LogP contribution is 1.67. The highest BCUT2D eigenvalue weighted by atomic mass is 32.2. The Morgan fingerprint density at radius 2 is 2.25 bits per heavy atom. The lowest BCUT2D eigenvalue weighted by atomic mass is 10.8. The molecule has 0 unspecified atom stereocenters. The summed E-state index contributed by atoms with van der Waals surface area (Å²) in [6.45, 7) is 0.0822. The van der Waals surface area contributed by atoms with Crippen molar-refractivity contribution in [3.63, 3.8) is 0 Å². The van der Waals surface area contributed by atoms with Gasteiger partial charge >= 0.3 is 0 Å². The monoisotopic (exact) mass is 136 g/mol. The molecule has 0 aliphatic carbocycles. The lowest BCUT2D eigenvalue weighted by Crippen LogP contribution is -2.23. The molecule has 0 saturated heterocycles. The first-order valence-electron chi connectivity index (χ1n) is 2.00. The summed E-state index contributed by atoms with van der Waals surface area (Å²) in [5.74, 6) is 0. The summed E-state index contributed by atoms with van der Waals surface area (Å²) in [5, 5.41) is 6.43. The van der Waals surface area contributed by atoms with Crippen LogP contribution in [0.1, 0.15) is 0 Å². The van der Waals surface area contributed by atoms with Crippen molar-refractivity contribution in [2.24, 2.45) is 0 Å². The molecule has 5 heteroatoms. The Morgan fingerprint density at radius 3 is 2.38 bits per heavy atom. The summed E-state index contributed by atoms with van der Waals surface area (Å²) in [7, 11) is -3.09. The van der Waals surface area contributed by atoms with Crippen molar-refractivity contribution in [1.82, 2.24) is 4.72 Å². The first-order valence-corrected chi connectivity index (χ1v) is 3.89. The van der Waals surface area contributed by atoms with E-state index in [1.165, 1.54) is 0 Å². The molecule has 0 saturated carbocycles. The van der Waals surface area contributed by atoms with Crippen molar-refractivity contribution in [3.05, 3.63) is 0 Å². The van der Waals surface area contributed by atoms with E-state index in [0.717, 1.165) is 12.5 Å². The third-order valence-corrected chi connectivity index (χ3v) is 1.14. The average molecular weight is 136 g/mol. The molecule has 8 heavy (non-hydrogen) atoms. The summed E-state index contributed by atoms with van der Waals surface area (Å²) in [6.07, 6.45) is 2.04. The number of hydrogen-bond acceptors (Lipinski definition) is 3. The van der Waals surface area contributed by atoms with Gasteiger partial charge in [0.25, 0.3) is 0 Å². The smallest absolute Gasteiger partial charge is 0.209 e. The van der Waals surface area contributed by atoms with Crippen LogP contribution in [0.4, 0.5) is 0 Å². The second kappa shape index (κ2) is 2.78. The minimum atomic E-state index is -3.09. The molecule has 0 rings (SSSR count). The molecule has 4 nitrogen and oxygen atoms in total. The van der Waals surface area contributed by atoms with Gasteiger partial charge in [-0.05, 0) is 0 Å². The van der Waals surface area contributed by atoms with Crippen LogP contribution in [0.3, 0.4) is 0 Å². The topological polar surface area (TPSA) is 70.0 Å². The van der Waals surface area contributed by atoms with Gasteiger partial charge in [-0.15, -0.1) is 0 Å². The van der Waals surface area contributed by atoms with Crippen LogP contribution < -0.4 is 4.72 Å². The summed E-state index contributed by atoms with van der Waals surface area (Å²) in [5.41, 5.74) is 0. The van der Waals surface area contributed by atoms with Crippen LogP contribution in [0.2, 0.25) is 0 Å². The zero-order valence-corrected chi connectivity index (χ0v) is 5.33. The molecule has 48 valence electrons. The maximum Gasteiger partial charge on any atom is 0.209 e. The van der Waals surface area contributed by atoms with Gasteiger partial charge in [-0.2, -0.15) is 0 Å². The standard InChI is InChI=1S/C3H8N2O2S/c1-8(6,7)5-3-2-4/h2,4-5H,3H2,1H3. The third kappa shape index (κ3) is 5.58. The Labute approximate surface area is 48.5 Å². The Hall–Kier alpha value is -0.420. The molecule has 0 aliphatic heterocycles. The molecule has 0 aliphatic rings. The third-order valence-electron chi connectivity index (χ3n) is 0.448. The summed E-state index contributed by atoms with van der Waals surface area (Å²) < 4.78 is 22.5. The van der Waals surface area contributed by atoms with Crippen molar-refractivity contribution in [3.8, 4) is 0 Å².